The van der Waals surface area contributed by atoms with E-state index in [2.05, 4.69) is 20.9 Å². The van der Waals surface area contributed by atoms with Crippen LogP contribution in [0.25, 0.3) is 0 Å². The van der Waals surface area contributed by atoms with E-state index in [9.17, 15) is 4.79 Å². The zero-order chi connectivity index (χ0) is 22.8. The molecule has 5 rings (SSSR count). The number of ether oxygens (including phenoxy) is 1. The van der Waals surface area contributed by atoms with Gasteiger partial charge in [-0.05, 0) is 42.3 Å². The first-order chi connectivity index (χ1) is 16.1. The fourth-order valence-electron chi connectivity index (χ4n) is 4.62. The fraction of sp³-hybridized carbons (Fsp3) is 0.320. The smallest absolute Gasteiger partial charge is 0.240 e. The van der Waals surface area contributed by atoms with Crippen molar-refractivity contribution < 1.29 is 9.53 Å². The molecule has 0 spiro atoms. The Bertz CT molecular complexity index is 1200. The molecule has 1 unspecified atom stereocenters. The second-order valence-corrected chi connectivity index (χ2v) is 8.85. The van der Waals surface area contributed by atoms with Crippen molar-refractivity contribution in [3.63, 3.8) is 0 Å². The minimum atomic E-state index is -0.228. The van der Waals surface area contributed by atoms with Crippen LogP contribution in [0.15, 0.2) is 55.0 Å². The van der Waals surface area contributed by atoms with E-state index >= 15 is 0 Å². The molecule has 0 bridgehead atoms. The van der Waals surface area contributed by atoms with Gasteiger partial charge in [0.1, 0.15) is 5.75 Å². The summed E-state index contributed by atoms with van der Waals surface area (Å²) in [5.41, 5.74) is 3.73. The van der Waals surface area contributed by atoms with Crippen molar-refractivity contribution in [3.05, 3.63) is 82.4 Å². The molecular formula is C25H24ClN5O2. The lowest BCUT2D eigenvalue weighted by Crippen LogP contribution is -2.40. The summed E-state index contributed by atoms with van der Waals surface area (Å²) in [7, 11) is 0. The van der Waals surface area contributed by atoms with Crippen LogP contribution in [-0.4, -0.2) is 39.6 Å². The van der Waals surface area contributed by atoms with Crippen LogP contribution in [0, 0.1) is 11.3 Å². The van der Waals surface area contributed by atoms with Gasteiger partial charge in [-0.15, -0.1) is 0 Å². The Hall–Kier alpha value is -3.34. The number of nitrogens with zero attached hydrogens (tertiary/aromatic N) is 4. The van der Waals surface area contributed by atoms with Crippen LogP contribution in [0.5, 0.6) is 5.75 Å². The molecule has 0 saturated carbocycles. The van der Waals surface area contributed by atoms with E-state index < -0.39 is 0 Å². The molecule has 1 aromatic heterocycles. The van der Waals surface area contributed by atoms with E-state index in [1.165, 1.54) is 0 Å². The Morgan fingerprint density at radius 2 is 2.06 bits per heavy atom. The molecule has 2 aliphatic heterocycles. The number of carbonyl (C=O) groups excluding carboxylic acids is 1. The molecule has 1 saturated heterocycles. The number of halogens is 1. The number of imidazole rings is 1. The summed E-state index contributed by atoms with van der Waals surface area (Å²) in [6.45, 7) is 2.51. The Morgan fingerprint density at radius 3 is 2.88 bits per heavy atom. The quantitative estimate of drug-likeness (QED) is 0.605. The average molecular weight is 462 g/mol. The van der Waals surface area contributed by atoms with Gasteiger partial charge in [-0.1, -0.05) is 23.7 Å². The number of benzene rings is 2. The molecule has 3 aromatic rings. The maximum Gasteiger partial charge on any atom is 0.240 e. The first-order valence-electron chi connectivity index (χ1n) is 11.1. The summed E-state index contributed by atoms with van der Waals surface area (Å²) in [5, 5.41) is 13.1. The molecule has 0 aliphatic carbocycles. The van der Waals surface area contributed by atoms with Gasteiger partial charge in [-0.25, -0.2) is 4.98 Å². The molecule has 2 aromatic carbocycles. The summed E-state index contributed by atoms with van der Waals surface area (Å²) >= 11 is 6.21. The third-order valence-electron chi connectivity index (χ3n) is 6.36. The highest BCUT2D eigenvalue weighted by molar-refractivity contribution is 6.30. The van der Waals surface area contributed by atoms with Crippen LogP contribution in [0.1, 0.15) is 41.3 Å². The molecule has 1 fully saturated rings. The zero-order valence-electron chi connectivity index (χ0n) is 18.1. The predicted molar refractivity (Wildman–Crippen MR) is 124 cm³/mol. The van der Waals surface area contributed by atoms with Crippen molar-refractivity contribution in [2.24, 2.45) is 0 Å². The van der Waals surface area contributed by atoms with Crippen LogP contribution in [0.3, 0.4) is 0 Å². The molecule has 168 valence electrons. The van der Waals surface area contributed by atoms with Gasteiger partial charge in [-0.3, -0.25) is 4.79 Å². The first kappa shape index (κ1) is 21.5. The number of rotatable bonds is 6. The second kappa shape index (κ2) is 9.26. The highest BCUT2D eigenvalue weighted by atomic mass is 35.5. The number of nitrogens with one attached hydrogen (secondary N) is 1. The molecule has 1 amide bonds. The number of nitriles is 1. The summed E-state index contributed by atoms with van der Waals surface area (Å²) in [6, 6.07) is 15.1. The minimum Gasteiger partial charge on any atom is -0.493 e. The molecule has 1 N–H and O–H groups in total. The Morgan fingerprint density at radius 1 is 1.21 bits per heavy atom. The summed E-state index contributed by atoms with van der Waals surface area (Å²) in [5.74, 6) is 0.928. The third-order valence-corrected chi connectivity index (χ3v) is 6.59. The maximum absolute atomic E-state index is 13.2. The van der Waals surface area contributed by atoms with Crippen molar-refractivity contribution in [2.75, 3.05) is 13.2 Å². The molecule has 7 nitrogen and oxygen atoms in total. The fourth-order valence-corrected chi connectivity index (χ4v) is 4.80. The lowest BCUT2D eigenvalue weighted by molar-refractivity contribution is -0.132. The van der Waals surface area contributed by atoms with E-state index in [0.717, 1.165) is 35.4 Å². The van der Waals surface area contributed by atoms with Crippen LogP contribution in [-0.2, 0) is 17.9 Å². The molecule has 0 radical (unpaired) electrons. The van der Waals surface area contributed by atoms with Crippen LogP contribution < -0.4 is 10.1 Å². The van der Waals surface area contributed by atoms with E-state index in [-0.39, 0.29) is 18.0 Å². The van der Waals surface area contributed by atoms with Crippen molar-refractivity contribution >= 4 is 17.5 Å². The van der Waals surface area contributed by atoms with Gasteiger partial charge in [0, 0.05) is 42.8 Å². The highest BCUT2D eigenvalue weighted by Gasteiger charge is 2.38. The van der Waals surface area contributed by atoms with E-state index in [4.69, 9.17) is 21.6 Å². The number of fused-ring (bicyclic) bond motifs is 1. The average Bonchev–Trinajstić information content (AvgIpc) is 3.43. The lowest BCUT2D eigenvalue weighted by atomic mass is 9.99. The molecule has 3 heterocycles. The first-order valence-corrected chi connectivity index (χ1v) is 11.4. The largest absolute Gasteiger partial charge is 0.493 e. The summed E-state index contributed by atoms with van der Waals surface area (Å²) in [4.78, 5) is 19.5. The Labute approximate surface area is 197 Å². The number of hydrogen-bond acceptors (Lipinski definition) is 5. The number of hydrogen-bond donors (Lipinski definition) is 1. The van der Waals surface area contributed by atoms with Crippen LogP contribution in [0.2, 0.25) is 5.02 Å². The van der Waals surface area contributed by atoms with Crippen LogP contribution >= 0.6 is 11.6 Å². The molecule has 2 aliphatic rings. The SMILES string of the molecule is N#Cc1ccc(Cn2cncc2CN[C@H]2CCN(C3CCOc4ccc(Cl)cc43)C2=O)cc1. The van der Waals surface area contributed by atoms with Gasteiger partial charge in [-0.2, -0.15) is 5.26 Å². The van der Waals surface area contributed by atoms with Gasteiger partial charge in [0.15, 0.2) is 0 Å². The number of likely N-dealkylation sites (tertiary alicyclic amines) is 1. The lowest BCUT2D eigenvalue weighted by Gasteiger charge is -2.33. The van der Waals surface area contributed by atoms with Crippen molar-refractivity contribution in [3.8, 4) is 11.8 Å². The monoisotopic (exact) mass is 461 g/mol. The van der Waals surface area contributed by atoms with Gasteiger partial charge in [0.2, 0.25) is 5.91 Å². The van der Waals surface area contributed by atoms with E-state index in [0.29, 0.717) is 36.8 Å². The van der Waals surface area contributed by atoms with Crippen molar-refractivity contribution in [1.82, 2.24) is 19.8 Å². The molecule has 2 atom stereocenters. The van der Waals surface area contributed by atoms with Crippen LogP contribution in [0.4, 0.5) is 0 Å². The van der Waals surface area contributed by atoms with Crippen molar-refractivity contribution in [2.45, 2.75) is 38.0 Å². The number of aromatic nitrogens is 2. The third kappa shape index (κ3) is 4.45. The minimum absolute atomic E-state index is 0.00587. The molecule has 8 heteroatoms. The second-order valence-electron chi connectivity index (χ2n) is 8.41. The standard InChI is InChI=1S/C25H24ClN5O2/c26-19-5-6-24-21(11-19)23(8-10-33-24)31-9-7-22(25(31)32)29-14-20-13-28-16-30(20)15-18-3-1-17(12-27)2-4-18/h1-6,11,13,16,22-23,29H,7-10,14-15H2/t22-,23?/m0/s1. The zero-order valence-corrected chi connectivity index (χ0v) is 18.8. The predicted octanol–water partition coefficient (Wildman–Crippen LogP) is 3.67. The topological polar surface area (TPSA) is 83.2 Å². The highest BCUT2D eigenvalue weighted by Crippen LogP contribution is 2.39. The summed E-state index contributed by atoms with van der Waals surface area (Å²) in [6.07, 6.45) is 5.14. The normalized spacial score (nSPS) is 19.8. The number of carbonyl (C=O) groups is 1. The van der Waals surface area contributed by atoms with E-state index in [1.807, 2.05) is 53.6 Å². The summed E-state index contributed by atoms with van der Waals surface area (Å²) < 4.78 is 7.82. The van der Waals surface area contributed by atoms with Crippen molar-refractivity contribution in [1.29, 1.82) is 5.26 Å². The van der Waals surface area contributed by atoms with Gasteiger partial charge < -0.3 is 19.5 Å². The van der Waals surface area contributed by atoms with E-state index in [1.54, 1.807) is 6.33 Å². The molecular weight excluding hydrogens is 438 g/mol. The van der Waals surface area contributed by atoms with Gasteiger partial charge >= 0.3 is 0 Å². The van der Waals surface area contributed by atoms with Gasteiger partial charge in [0.05, 0.1) is 42.3 Å². The number of amides is 1. The molecule has 33 heavy (non-hydrogen) atoms. The maximum atomic E-state index is 13.2. The Kier molecular flexibility index (Phi) is 6.03. The Balaban J connectivity index is 1.23. The van der Waals surface area contributed by atoms with Gasteiger partial charge in [0.25, 0.3) is 0 Å².